The van der Waals surface area contributed by atoms with Gasteiger partial charge in [0.1, 0.15) is 11.9 Å². The van der Waals surface area contributed by atoms with Crippen LogP contribution in [0, 0.1) is 5.41 Å². The average Bonchev–Trinajstić information content (AvgIpc) is 3.35. The number of benzene rings is 2. The van der Waals surface area contributed by atoms with Crippen LogP contribution in [0.15, 0.2) is 48.5 Å². The van der Waals surface area contributed by atoms with Gasteiger partial charge in [0.2, 0.25) is 17.9 Å². The van der Waals surface area contributed by atoms with Crippen LogP contribution in [0.2, 0.25) is 5.02 Å². The monoisotopic (exact) mass is 629 g/mol. The van der Waals surface area contributed by atoms with Crippen LogP contribution in [0.3, 0.4) is 0 Å². The number of aromatic nitrogens is 2. The molecule has 2 atom stereocenters. The fraction of sp³-hybridized carbons (Fsp3) is 0.393. The Labute approximate surface area is 246 Å². The largest absolute Gasteiger partial charge is 0.480 e. The number of alkyl halides is 6. The van der Waals surface area contributed by atoms with Gasteiger partial charge in [0.05, 0.1) is 5.56 Å². The van der Waals surface area contributed by atoms with E-state index in [2.05, 4.69) is 15.3 Å². The summed E-state index contributed by atoms with van der Waals surface area (Å²) in [5, 5.41) is 12.4. The second kappa shape index (κ2) is 11.4. The fourth-order valence-corrected chi connectivity index (χ4v) is 5.81. The molecule has 8 nitrogen and oxygen atoms in total. The molecule has 0 radical (unpaired) electrons. The van der Waals surface area contributed by atoms with E-state index in [0.29, 0.717) is 38.9 Å². The number of nitrogens with two attached hydrogens (primary N) is 1. The third-order valence-electron chi connectivity index (χ3n) is 7.85. The highest BCUT2D eigenvalue weighted by Gasteiger charge is 2.46. The zero-order chi connectivity index (χ0) is 31.2. The molecular weight excluding hydrogens is 604 g/mol. The molecule has 230 valence electrons. The van der Waals surface area contributed by atoms with Crippen molar-refractivity contribution < 1.29 is 41.0 Å². The third-order valence-corrected chi connectivity index (χ3v) is 8.08. The molecule has 2 aromatic carbocycles. The van der Waals surface area contributed by atoms with Crippen LogP contribution < -0.4 is 20.7 Å². The first kappa shape index (κ1) is 30.7. The minimum atomic E-state index is -5.02. The lowest BCUT2D eigenvalue weighted by Crippen LogP contribution is -2.41. The molecule has 2 saturated heterocycles. The molecule has 15 heteroatoms. The molecular formula is C28H26ClF6N5O3. The predicted octanol–water partition coefficient (Wildman–Crippen LogP) is 6.11. The van der Waals surface area contributed by atoms with Crippen LogP contribution in [-0.2, 0) is 11.0 Å². The number of hydrogen-bond donors (Lipinski definition) is 3. The third kappa shape index (κ3) is 6.74. The van der Waals surface area contributed by atoms with E-state index in [-0.39, 0.29) is 33.3 Å². The number of anilines is 2. The summed E-state index contributed by atoms with van der Waals surface area (Å²) in [6.45, 7) is 1.44. The van der Waals surface area contributed by atoms with Crippen molar-refractivity contribution >= 4 is 29.3 Å². The van der Waals surface area contributed by atoms with Crippen LogP contribution >= 0.6 is 11.6 Å². The second-order valence-electron chi connectivity index (χ2n) is 10.7. The number of halogens is 7. The number of rotatable bonds is 6. The van der Waals surface area contributed by atoms with Crippen molar-refractivity contribution in [3.05, 3.63) is 64.7 Å². The molecule has 3 aromatic rings. The maximum Gasteiger partial charge on any atom is 0.429 e. The Morgan fingerprint density at radius 2 is 1.81 bits per heavy atom. The van der Waals surface area contributed by atoms with Gasteiger partial charge in [0.15, 0.2) is 0 Å². The maximum atomic E-state index is 14.5. The lowest BCUT2D eigenvalue weighted by molar-refractivity contribution is -0.198. The SMILES string of the molecule is Nc1nc(OC(c2ccc(Cl)cc2-c2cccc(C(F)(F)F)c2)C(F)(F)F)cc(N2CCC3(CC2)CN[C@H](C(=O)O)C3)n1. The Hall–Kier alpha value is -3.78. The van der Waals surface area contributed by atoms with Gasteiger partial charge in [-0.25, -0.2) is 0 Å². The molecule has 43 heavy (non-hydrogen) atoms. The molecule has 2 fully saturated rings. The zero-order valence-corrected chi connectivity index (χ0v) is 23.1. The standard InChI is InChI=1S/C28H26ClF6N5O3/c29-17-4-5-18(19(11-17)15-2-1-3-16(10-15)27(30,31)32)23(28(33,34)35)43-22-12-21(38-25(36)39-22)40-8-6-26(7-9-40)13-20(24(41)42)37-14-26/h1-5,10-12,20,23,37H,6-9,13-14H2,(H,41,42)(H2,36,38,39)/t20-,23?/m0/s1. The molecule has 2 aliphatic rings. The van der Waals surface area contributed by atoms with Gasteiger partial charge in [0.25, 0.3) is 0 Å². The van der Waals surface area contributed by atoms with Crippen LogP contribution in [-0.4, -0.2) is 52.9 Å². The second-order valence-corrected chi connectivity index (χ2v) is 11.2. The first-order valence-electron chi connectivity index (χ1n) is 13.2. The number of aliphatic carboxylic acids is 1. The van der Waals surface area contributed by atoms with Gasteiger partial charge < -0.3 is 25.8 Å². The van der Waals surface area contributed by atoms with Crippen molar-refractivity contribution in [2.75, 3.05) is 30.3 Å². The molecule has 0 amide bonds. The summed E-state index contributed by atoms with van der Waals surface area (Å²) in [7, 11) is 0. The van der Waals surface area contributed by atoms with E-state index in [0.717, 1.165) is 30.3 Å². The van der Waals surface area contributed by atoms with Crippen molar-refractivity contribution in [2.45, 2.75) is 43.8 Å². The van der Waals surface area contributed by atoms with Crippen LogP contribution in [0.25, 0.3) is 11.1 Å². The summed E-state index contributed by atoms with van der Waals surface area (Å²) in [4.78, 5) is 21.2. The fourth-order valence-electron chi connectivity index (χ4n) is 5.63. The lowest BCUT2D eigenvalue weighted by Gasteiger charge is -2.39. The number of hydrogen-bond acceptors (Lipinski definition) is 7. The summed E-state index contributed by atoms with van der Waals surface area (Å²) in [6, 6.07) is 7.87. The van der Waals surface area contributed by atoms with Gasteiger partial charge >= 0.3 is 18.3 Å². The Balaban J connectivity index is 1.43. The molecule has 1 spiro atoms. The molecule has 4 N–H and O–H groups in total. The first-order chi connectivity index (χ1) is 20.1. The van der Waals surface area contributed by atoms with Crippen molar-refractivity contribution in [3.63, 3.8) is 0 Å². The maximum absolute atomic E-state index is 14.5. The topological polar surface area (TPSA) is 114 Å². The number of ether oxygens (including phenoxy) is 1. The molecule has 1 unspecified atom stereocenters. The van der Waals surface area contributed by atoms with Crippen LogP contribution in [0.1, 0.15) is 36.5 Å². The van der Waals surface area contributed by atoms with E-state index >= 15 is 0 Å². The molecule has 0 saturated carbocycles. The number of nitrogens with one attached hydrogen (secondary N) is 1. The number of carboxylic acids is 1. The van der Waals surface area contributed by atoms with Gasteiger partial charge in [-0.3, -0.25) is 4.79 Å². The van der Waals surface area contributed by atoms with Crippen LogP contribution in [0.4, 0.5) is 38.1 Å². The Kier molecular flexibility index (Phi) is 8.11. The summed E-state index contributed by atoms with van der Waals surface area (Å²) in [5.41, 5.74) is 3.78. The quantitative estimate of drug-likeness (QED) is 0.280. The highest BCUT2D eigenvalue weighted by molar-refractivity contribution is 6.30. The molecule has 0 aliphatic carbocycles. The normalized spacial score (nSPS) is 19.4. The Bertz CT molecular complexity index is 1510. The van der Waals surface area contributed by atoms with Gasteiger partial charge in [-0.15, -0.1) is 0 Å². The van der Waals surface area contributed by atoms with Crippen LogP contribution in [0.5, 0.6) is 5.88 Å². The average molecular weight is 630 g/mol. The van der Waals surface area contributed by atoms with Gasteiger partial charge in [-0.1, -0.05) is 29.8 Å². The molecule has 3 heterocycles. The number of nitrogen functional groups attached to an aromatic ring is 1. The number of nitrogens with zero attached hydrogens (tertiary/aromatic N) is 3. The van der Waals surface area contributed by atoms with E-state index in [1.807, 2.05) is 4.90 Å². The smallest absolute Gasteiger partial charge is 0.429 e. The Morgan fingerprint density at radius 1 is 1.09 bits per heavy atom. The number of carboxylic acid groups (broad SMARTS) is 1. The van der Waals surface area contributed by atoms with Crippen molar-refractivity contribution in [1.29, 1.82) is 0 Å². The van der Waals surface area contributed by atoms with Crippen molar-refractivity contribution in [3.8, 4) is 17.0 Å². The van der Waals surface area contributed by atoms with E-state index in [1.54, 1.807) is 0 Å². The lowest BCUT2D eigenvalue weighted by atomic mass is 9.76. The van der Waals surface area contributed by atoms with E-state index in [9.17, 15) is 36.2 Å². The minimum Gasteiger partial charge on any atom is -0.480 e. The zero-order valence-electron chi connectivity index (χ0n) is 22.3. The molecule has 0 bridgehead atoms. The number of carbonyl (C=O) groups is 1. The van der Waals surface area contributed by atoms with E-state index in [1.165, 1.54) is 18.2 Å². The predicted molar refractivity (Wildman–Crippen MR) is 146 cm³/mol. The van der Waals surface area contributed by atoms with E-state index < -0.39 is 47.5 Å². The molecule has 2 aliphatic heterocycles. The summed E-state index contributed by atoms with van der Waals surface area (Å²) >= 11 is 6.05. The minimum absolute atomic E-state index is 0.0145. The summed E-state index contributed by atoms with van der Waals surface area (Å²) < 4.78 is 89.0. The first-order valence-corrected chi connectivity index (χ1v) is 13.6. The summed E-state index contributed by atoms with van der Waals surface area (Å²) in [6.07, 6.45) is -10.7. The number of piperidine rings is 1. The highest BCUT2D eigenvalue weighted by atomic mass is 35.5. The molecule has 1 aromatic heterocycles. The summed E-state index contributed by atoms with van der Waals surface area (Å²) in [5.74, 6) is -1.51. The van der Waals surface area contributed by atoms with Gasteiger partial charge in [-0.05, 0) is 60.1 Å². The Morgan fingerprint density at radius 3 is 2.44 bits per heavy atom. The highest BCUT2D eigenvalue weighted by Crippen LogP contribution is 2.44. The van der Waals surface area contributed by atoms with Crippen molar-refractivity contribution in [2.24, 2.45) is 5.41 Å². The van der Waals surface area contributed by atoms with Gasteiger partial charge in [0, 0.05) is 36.3 Å². The van der Waals surface area contributed by atoms with Crippen molar-refractivity contribution in [1.82, 2.24) is 15.3 Å². The van der Waals surface area contributed by atoms with Gasteiger partial charge in [-0.2, -0.15) is 36.3 Å². The molecule has 5 rings (SSSR count). The van der Waals surface area contributed by atoms with E-state index in [4.69, 9.17) is 22.1 Å².